The number of aromatic nitrogens is 1. The number of fused-ring (bicyclic) bond motifs is 1. The molecule has 0 N–H and O–H groups in total. The van der Waals surface area contributed by atoms with Crippen molar-refractivity contribution in [1.82, 2.24) is 4.57 Å². The molecular formula is C48H77NS6. The molecule has 1 aromatic carbocycles. The van der Waals surface area contributed by atoms with Gasteiger partial charge in [-0.1, -0.05) is 246 Å². The highest BCUT2D eigenvalue weighted by molar-refractivity contribution is 8.42. The monoisotopic (exact) mass is 859 g/mol. The van der Waals surface area contributed by atoms with Gasteiger partial charge in [0.05, 0.1) is 16.9 Å². The lowest BCUT2D eigenvalue weighted by atomic mass is 10.0. The summed E-state index contributed by atoms with van der Waals surface area (Å²) in [5, 5.41) is 0. The van der Waals surface area contributed by atoms with Gasteiger partial charge in [0.1, 0.15) is 0 Å². The number of hydrogen-bond acceptors (Lipinski definition) is 6. The average Bonchev–Trinajstić information content (AvgIpc) is 3.89. The van der Waals surface area contributed by atoms with Crippen LogP contribution >= 0.6 is 70.6 Å². The first-order valence-electron chi connectivity index (χ1n) is 22.9. The molecule has 0 aliphatic carbocycles. The first-order valence-corrected chi connectivity index (χ1v) is 28.1. The Morgan fingerprint density at radius 1 is 0.400 bits per heavy atom. The van der Waals surface area contributed by atoms with Gasteiger partial charge < -0.3 is 4.57 Å². The normalized spacial score (nSPS) is 14.3. The Kier molecular flexibility index (Phi) is 26.2. The third-order valence-electron chi connectivity index (χ3n) is 11.1. The molecule has 0 unspecified atom stereocenters. The van der Waals surface area contributed by atoms with Gasteiger partial charge in [-0.3, -0.25) is 0 Å². The number of thioether (sulfide) groups is 6. The highest BCUT2D eigenvalue weighted by Gasteiger charge is 2.33. The van der Waals surface area contributed by atoms with Crippen molar-refractivity contribution in [2.45, 2.75) is 217 Å². The molecule has 0 saturated carbocycles. The van der Waals surface area contributed by atoms with Gasteiger partial charge in [0, 0.05) is 26.9 Å². The fourth-order valence-corrected chi connectivity index (χ4v) is 16.8. The minimum atomic E-state index is 1.27. The molecule has 1 aromatic heterocycles. The van der Waals surface area contributed by atoms with Crippen LogP contribution in [0.25, 0.3) is 5.69 Å². The molecule has 3 heterocycles. The summed E-state index contributed by atoms with van der Waals surface area (Å²) in [6, 6.07) is 10.9. The van der Waals surface area contributed by atoms with Crippen molar-refractivity contribution in [2.75, 3.05) is 11.5 Å². The van der Waals surface area contributed by atoms with Crippen molar-refractivity contribution >= 4 is 70.6 Å². The van der Waals surface area contributed by atoms with Crippen molar-refractivity contribution < 1.29 is 0 Å². The summed E-state index contributed by atoms with van der Waals surface area (Å²) in [6.07, 6.45) is 40.1. The van der Waals surface area contributed by atoms with Gasteiger partial charge in [0.2, 0.25) is 0 Å². The SMILES string of the molecule is CCCCCCCCCCCCCCCCSC1=C(SCCCCCCCCCCCCCCCC)SC(=C2Sc3c(c(C)n(-c4ccccc4)c3C)S2)S1. The van der Waals surface area contributed by atoms with E-state index < -0.39 is 0 Å². The molecule has 0 fully saturated rings. The van der Waals surface area contributed by atoms with E-state index in [0.717, 1.165) is 0 Å². The fraction of sp³-hybridized carbons (Fsp3) is 0.708. The first-order chi connectivity index (χ1) is 27.1. The molecular weight excluding hydrogens is 783 g/mol. The molecule has 0 bridgehead atoms. The number of benzene rings is 1. The maximum absolute atomic E-state index is 2.45. The van der Waals surface area contributed by atoms with Crippen LogP contribution in [-0.2, 0) is 0 Å². The summed E-state index contributed by atoms with van der Waals surface area (Å²) in [5.74, 6) is 2.54. The standard InChI is InChI=1S/C48H77NS6/c1-5-7-9-11-13-15-17-19-21-23-25-27-29-34-38-50-45-46(51-39-35-30-28-26-24-22-20-18-16-14-12-10-8-6-2)55-48(54-45)47-52-43-40(3)49(41(4)44(43)53-47)42-36-32-31-33-37-42/h31-33,36-37H,5-30,34-35,38-39H2,1-4H3. The number of hydrogen-bond donors (Lipinski definition) is 0. The zero-order chi connectivity index (χ0) is 38.8. The second-order valence-corrected chi connectivity index (χ2v) is 23.3. The zero-order valence-electron chi connectivity index (χ0n) is 35.5. The Bertz CT molecular complexity index is 1300. The highest BCUT2D eigenvalue weighted by atomic mass is 32.3. The van der Waals surface area contributed by atoms with Gasteiger partial charge in [0.25, 0.3) is 0 Å². The molecule has 55 heavy (non-hydrogen) atoms. The van der Waals surface area contributed by atoms with Crippen molar-refractivity contribution in [3.05, 3.63) is 58.7 Å². The Morgan fingerprint density at radius 2 is 0.709 bits per heavy atom. The molecule has 0 atom stereocenters. The summed E-state index contributed by atoms with van der Waals surface area (Å²) in [4.78, 5) is 2.94. The summed E-state index contributed by atoms with van der Waals surface area (Å²) in [7, 11) is 0. The van der Waals surface area contributed by atoms with E-state index in [1.165, 1.54) is 227 Å². The lowest BCUT2D eigenvalue weighted by Gasteiger charge is -2.11. The van der Waals surface area contributed by atoms with Crippen molar-refractivity contribution in [3.8, 4) is 5.69 Å². The van der Waals surface area contributed by atoms with E-state index in [1.807, 2.05) is 23.5 Å². The van der Waals surface area contributed by atoms with E-state index in [4.69, 9.17) is 0 Å². The van der Waals surface area contributed by atoms with E-state index in [2.05, 4.69) is 110 Å². The van der Waals surface area contributed by atoms with Gasteiger partial charge in [-0.15, -0.1) is 23.5 Å². The lowest BCUT2D eigenvalue weighted by molar-refractivity contribution is 0.538. The Labute approximate surface area is 365 Å². The minimum Gasteiger partial charge on any atom is -0.316 e. The molecule has 2 aromatic rings. The Balaban J connectivity index is 1.16. The van der Waals surface area contributed by atoms with Crippen molar-refractivity contribution in [2.24, 2.45) is 0 Å². The highest BCUT2D eigenvalue weighted by Crippen LogP contribution is 2.65. The third-order valence-corrected chi connectivity index (χ3v) is 20.1. The summed E-state index contributed by atoms with van der Waals surface area (Å²) in [5.41, 5.74) is 4.04. The van der Waals surface area contributed by atoms with Crippen LogP contribution in [-0.4, -0.2) is 16.1 Å². The van der Waals surface area contributed by atoms with Crippen LogP contribution in [0.4, 0.5) is 0 Å². The van der Waals surface area contributed by atoms with E-state index in [9.17, 15) is 0 Å². The van der Waals surface area contributed by atoms with Crippen molar-refractivity contribution in [3.63, 3.8) is 0 Å². The maximum atomic E-state index is 2.45. The summed E-state index contributed by atoms with van der Waals surface area (Å²) < 4.78 is 8.68. The van der Waals surface area contributed by atoms with E-state index >= 15 is 0 Å². The van der Waals surface area contributed by atoms with Crippen molar-refractivity contribution in [1.29, 1.82) is 0 Å². The van der Waals surface area contributed by atoms with E-state index in [0.29, 0.717) is 0 Å². The minimum absolute atomic E-state index is 1.27. The smallest absolute Gasteiger partial charge is 0.0717 e. The number of unbranched alkanes of at least 4 members (excludes halogenated alkanes) is 26. The molecule has 310 valence electrons. The van der Waals surface area contributed by atoms with Crippen LogP contribution in [0.5, 0.6) is 0 Å². The Hall–Kier alpha value is 0.0800. The number of para-hydroxylation sites is 1. The molecule has 0 saturated heterocycles. The molecule has 7 heteroatoms. The van der Waals surface area contributed by atoms with Gasteiger partial charge in [-0.2, -0.15) is 0 Å². The van der Waals surface area contributed by atoms with Gasteiger partial charge in [-0.05, 0) is 50.3 Å². The quantitative estimate of drug-likeness (QED) is 0.0654. The van der Waals surface area contributed by atoms with Crippen LogP contribution in [0.15, 0.2) is 57.1 Å². The molecule has 2 aliphatic rings. The molecule has 0 radical (unpaired) electrons. The second kappa shape index (κ2) is 30.2. The molecule has 0 spiro atoms. The van der Waals surface area contributed by atoms with Crippen LogP contribution in [0.2, 0.25) is 0 Å². The predicted molar refractivity (Wildman–Crippen MR) is 262 cm³/mol. The largest absolute Gasteiger partial charge is 0.316 e. The van der Waals surface area contributed by atoms with Gasteiger partial charge in [-0.25, -0.2) is 0 Å². The molecule has 2 aliphatic heterocycles. The van der Waals surface area contributed by atoms with E-state index in [1.54, 1.807) is 8.47 Å². The van der Waals surface area contributed by atoms with Crippen LogP contribution in [0.1, 0.15) is 205 Å². The molecule has 0 amide bonds. The zero-order valence-corrected chi connectivity index (χ0v) is 40.4. The van der Waals surface area contributed by atoms with Gasteiger partial charge >= 0.3 is 0 Å². The molecule has 4 rings (SSSR count). The van der Waals surface area contributed by atoms with Crippen LogP contribution in [0, 0.1) is 13.8 Å². The predicted octanol–water partition coefficient (Wildman–Crippen LogP) is 19.5. The maximum Gasteiger partial charge on any atom is 0.0717 e. The van der Waals surface area contributed by atoms with Crippen LogP contribution < -0.4 is 0 Å². The third kappa shape index (κ3) is 18.1. The summed E-state index contributed by atoms with van der Waals surface area (Å²) in [6.45, 7) is 9.24. The lowest BCUT2D eigenvalue weighted by Crippen LogP contribution is -1.99. The first kappa shape index (κ1) is 47.8. The molecule has 1 nitrogen and oxygen atoms in total. The number of nitrogens with zero attached hydrogens (tertiary/aromatic N) is 1. The fourth-order valence-electron chi connectivity index (χ4n) is 7.73. The Morgan fingerprint density at radius 3 is 1.05 bits per heavy atom. The topological polar surface area (TPSA) is 4.93 Å². The second-order valence-electron chi connectivity index (χ2n) is 15.9. The van der Waals surface area contributed by atoms with Gasteiger partial charge in [0.15, 0.2) is 0 Å². The number of rotatable bonds is 33. The average molecular weight is 861 g/mol. The van der Waals surface area contributed by atoms with E-state index in [-0.39, 0.29) is 0 Å². The van der Waals surface area contributed by atoms with Crippen LogP contribution in [0.3, 0.4) is 0 Å². The summed E-state index contributed by atoms with van der Waals surface area (Å²) >= 11 is 12.6.